The first-order chi connectivity index (χ1) is 18.3. The van der Waals surface area contributed by atoms with Gasteiger partial charge in [-0.3, -0.25) is 14.6 Å². The second kappa shape index (κ2) is 14.1. The van der Waals surface area contributed by atoms with Crippen LogP contribution in [0.2, 0.25) is 0 Å². The Morgan fingerprint density at radius 2 is 2.03 bits per heavy atom. The number of fused-ring (bicyclic) bond motifs is 1. The van der Waals surface area contributed by atoms with Crippen molar-refractivity contribution in [3.63, 3.8) is 0 Å². The molecule has 3 rings (SSSR count). The number of pyridine rings is 1. The Labute approximate surface area is 229 Å². The van der Waals surface area contributed by atoms with Gasteiger partial charge in [0, 0.05) is 37.1 Å². The number of carbonyl (C=O) groups excluding carboxylic acids is 2. The first-order valence-electron chi connectivity index (χ1n) is 11.7. The number of rotatable bonds is 11. The summed E-state index contributed by atoms with van der Waals surface area (Å²) < 4.78 is 21.3. The molecular weight excluding hydrogens is 525 g/mol. The van der Waals surface area contributed by atoms with Crippen LogP contribution in [0.1, 0.15) is 23.0 Å². The summed E-state index contributed by atoms with van der Waals surface area (Å²) in [6, 6.07) is 7.52. The first-order valence-corrected chi connectivity index (χ1v) is 12.9. The average Bonchev–Trinajstić information content (AvgIpc) is 3.31. The summed E-state index contributed by atoms with van der Waals surface area (Å²) in [5.41, 5.74) is 1.69. The molecule has 0 aliphatic heterocycles. The smallest absolute Gasteiger partial charge is 0.261 e. The van der Waals surface area contributed by atoms with Gasteiger partial charge in [-0.05, 0) is 50.0 Å². The monoisotopic (exact) mass is 553 g/mol. The van der Waals surface area contributed by atoms with Crippen LogP contribution in [0.5, 0.6) is 11.5 Å². The van der Waals surface area contributed by atoms with Gasteiger partial charge in [-0.1, -0.05) is 30.9 Å². The number of halogens is 1. The molecule has 0 fully saturated rings. The summed E-state index contributed by atoms with van der Waals surface area (Å²) >= 11 is 6.41. The highest BCUT2D eigenvalue weighted by Gasteiger charge is 2.16. The number of thiophene rings is 1. The van der Waals surface area contributed by atoms with E-state index in [1.54, 1.807) is 43.5 Å². The number of likely N-dealkylation sites (N-methyl/N-ethyl adjacent to an activating group) is 1. The van der Waals surface area contributed by atoms with E-state index in [2.05, 4.69) is 32.8 Å². The molecule has 1 aromatic carbocycles. The summed E-state index contributed by atoms with van der Waals surface area (Å²) in [6.45, 7) is 6.63. The zero-order valence-corrected chi connectivity index (χ0v) is 22.6. The van der Waals surface area contributed by atoms with Gasteiger partial charge < -0.3 is 26.0 Å². The number of allylic oxidation sites excluding steroid dienone is 4. The number of hydrogen-bond donors (Lipinski definition) is 4. The Kier molecular flexibility index (Phi) is 10.6. The number of thiocarbonyl (C=S) groups is 1. The van der Waals surface area contributed by atoms with E-state index in [0.29, 0.717) is 39.6 Å². The number of nitrogens with zero attached hydrogens (tertiary/aromatic N) is 1. The first kappa shape index (κ1) is 28.6. The van der Waals surface area contributed by atoms with Crippen LogP contribution in [0.15, 0.2) is 73.0 Å². The quantitative estimate of drug-likeness (QED) is 0.149. The topological polar surface area (TPSA) is 104 Å². The van der Waals surface area contributed by atoms with Gasteiger partial charge >= 0.3 is 0 Å². The zero-order valence-electron chi connectivity index (χ0n) is 21.0. The standard InChI is InChI=1S/C27H28FN5O3S2/c1-4-6-17(7-5-2)14-24(34)33-27(37)32-18-8-9-21(19(28)15-18)36-22-10-11-30-20-16-23(38-25(20)22)26(35)31-13-12-29-3/h4-11,15-16,29H,1,12-14H2,2-3H3,(H,31,35)(H2,32,33,34,37)/b7-5-,17-6+. The van der Waals surface area contributed by atoms with Crippen molar-refractivity contribution in [3.05, 3.63) is 83.7 Å². The number of carbonyl (C=O) groups is 2. The fourth-order valence-electron chi connectivity index (χ4n) is 3.33. The van der Waals surface area contributed by atoms with Crippen molar-refractivity contribution in [2.45, 2.75) is 13.3 Å². The lowest BCUT2D eigenvalue weighted by atomic mass is 10.1. The lowest BCUT2D eigenvalue weighted by molar-refractivity contribution is -0.118. The van der Waals surface area contributed by atoms with Crippen molar-refractivity contribution < 1.29 is 18.7 Å². The molecule has 0 spiro atoms. The number of nitrogens with one attached hydrogen (secondary N) is 4. The minimum absolute atomic E-state index is 0.0167. The lowest BCUT2D eigenvalue weighted by Gasteiger charge is -2.12. The molecule has 0 bridgehead atoms. The zero-order chi connectivity index (χ0) is 27.5. The molecule has 0 saturated heterocycles. The molecule has 0 saturated carbocycles. The van der Waals surface area contributed by atoms with Gasteiger partial charge in [0.1, 0.15) is 5.75 Å². The van der Waals surface area contributed by atoms with Crippen LogP contribution in [0, 0.1) is 5.82 Å². The molecule has 8 nitrogen and oxygen atoms in total. The fourth-order valence-corrected chi connectivity index (χ4v) is 4.55. The summed E-state index contributed by atoms with van der Waals surface area (Å²) in [4.78, 5) is 29.4. The molecule has 2 heterocycles. The number of amides is 2. The highest BCUT2D eigenvalue weighted by atomic mass is 32.1. The average molecular weight is 554 g/mol. The minimum Gasteiger partial charge on any atom is -0.453 e. The van der Waals surface area contributed by atoms with Crippen LogP contribution in [0.3, 0.4) is 0 Å². The summed E-state index contributed by atoms with van der Waals surface area (Å²) in [7, 11) is 1.80. The molecule has 2 aromatic heterocycles. The van der Waals surface area contributed by atoms with Gasteiger partial charge in [-0.2, -0.15) is 0 Å². The van der Waals surface area contributed by atoms with Crippen molar-refractivity contribution in [3.8, 4) is 11.5 Å². The van der Waals surface area contributed by atoms with Crippen molar-refractivity contribution in [2.24, 2.45) is 0 Å². The fraction of sp³-hybridized carbons (Fsp3) is 0.185. The molecule has 0 atom stereocenters. The molecule has 0 radical (unpaired) electrons. The molecule has 3 aromatic rings. The molecule has 38 heavy (non-hydrogen) atoms. The van der Waals surface area contributed by atoms with Crippen LogP contribution in [0.25, 0.3) is 10.2 Å². The maximum absolute atomic E-state index is 14.9. The number of benzene rings is 1. The largest absolute Gasteiger partial charge is 0.453 e. The predicted molar refractivity (Wildman–Crippen MR) is 154 cm³/mol. The lowest BCUT2D eigenvalue weighted by Crippen LogP contribution is -2.34. The molecule has 2 amide bonds. The summed E-state index contributed by atoms with van der Waals surface area (Å²) in [6.07, 6.45) is 8.61. The van der Waals surface area contributed by atoms with Crippen molar-refractivity contribution in [1.29, 1.82) is 0 Å². The molecule has 4 N–H and O–H groups in total. The molecule has 0 aliphatic rings. The molecule has 0 unspecified atom stereocenters. The Morgan fingerprint density at radius 1 is 1.21 bits per heavy atom. The maximum Gasteiger partial charge on any atom is 0.261 e. The summed E-state index contributed by atoms with van der Waals surface area (Å²) in [5, 5.41) is 11.2. The van der Waals surface area contributed by atoms with E-state index in [9.17, 15) is 14.0 Å². The van der Waals surface area contributed by atoms with Crippen molar-refractivity contribution in [1.82, 2.24) is 20.9 Å². The summed E-state index contributed by atoms with van der Waals surface area (Å²) in [5.74, 6) is -0.811. The van der Waals surface area contributed by atoms with E-state index in [4.69, 9.17) is 17.0 Å². The van der Waals surface area contributed by atoms with Gasteiger partial charge in [-0.25, -0.2) is 4.39 Å². The molecule has 11 heteroatoms. The Morgan fingerprint density at radius 3 is 2.74 bits per heavy atom. The Bertz CT molecular complexity index is 1400. The molecule has 0 aliphatic carbocycles. The van der Waals surface area contributed by atoms with Crippen molar-refractivity contribution in [2.75, 3.05) is 25.5 Å². The van der Waals surface area contributed by atoms with Crippen LogP contribution in [0.4, 0.5) is 10.1 Å². The Hall–Kier alpha value is -3.93. The third-order valence-corrected chi connectivity index (χ3v) is 6.34. The van der Waals surface area contributed by atoms with E-state index in [-0.39, 0.29) is 29.1 Å². The van der Waals surface area contributed by atoms with Gasteiger partial charge in [0.2, 0.25) is 5.91 Å². The second-order valence-corrected chi connectivity index (χ2v) is 9.36. The van der Waals surface area contributed by atoms with Crippen LogP contribution < -0.4 is 26.0 Å². The van der Waals surface area contributed by atoms with Crippen LogP contribution >= 0.6 is 23.6 Å². The van der Waals surface area contributed by atoms with E-state index in [0.717, 1.165) is 5.57 Å². The van der Waals surface area contributed by atoms with E-state index in [1.165, 1.54) is 29.7 Å². The van der Waals surface area contributed by atoms with Crippen LogP contribution in [-0.2, 0) is 4.79 Å². The van der Waals surface area contributed by atoms with Crippen LogP contribution in [-0.4, -0.2) is 42.0 Å². The highest BCUT2D eigenvalue weighted by molar-refractivity contribution is 7.80. The third-order valence-electron chi connectivity index (χ3n) is 5.00. The van der Waals surface area contributed by atoms with Crippen molar-refractivity contribution >= 4 is 56.4 Å². The van der Waals surface area contributed by atoms with Gasteiger partial charge in [-0.15, -0.1) is 11.3 Å². The second-order valence-electron chi connectivity index (χ2n) is 7.90. The SMILES string of the molecule is C=C/C=C(\C=C/C)CC(=O)NC(=S)Nc1ccc(Oc2ccnc3cc(C(=O)NCCNC)sc23)c(F)c1. The van der Waals surface area contributed by atoms with Gasteiger partial charge in [0.25, 0.3) is 5.91 Å². The van der Waals surface area contributed by atoms with E-state index >= 15 is 0 Å². The highest BCUT2D eigenvalue weighted by Crippen LogP contribution is 2.36. The molecule has 198 valence electrons. The van der Waals surface area contributed by atoms with Gasteiger partial charge in [0.15, 0.2) is 16.7 Å². The van der Waals surface area contributed by atoms with E-state index in [1.807, 2.05) is 13.0 Å². The van der Waals surface area contributed by atoms with E-state index < -0.39 is 5.82 Å². The predicted octanol–water partition coefficient (Wildman–Crippen LogP) is 5.07. The third kappa shape index (κ3) is 8.04. The Balaban J connectivity index is 1.66. The number of ether oxygens (including phenoxy) is 1. The minimum atomic E-state index is -0.639. The molecular formula is C27H28FN5O3S2. The normalized spacial score (nSPS) is 11.4. The number of aromatic nitrogens is 1. The number of hydrogen-bond acceptors (Lipinski definition) is 7. The number of anilines is 1. The van der Waals surface area contributed by atoms with Gasteiger partial charge in [0.05, 0.1) is 21.5 Å². The maximum atomic E-state index is 14.9.